The maximum atomic E-state index is 13.8. The molecule has 1 amide bonds. The highest BCUT2D eigenvalue weighted by molar-refractivity contribution is 5.88. The van der Waals surface area contributed by atoms with Gasteiger partial charge in [-0.15, -0.1) is 0 Å². The van der Waals surface area contributed by atoms with Crippen LogP contribution in [0.25, 0.3) is 10.8 Å². The van der Waals surface area contributed by atoms with Gasteiger partial charge in [0.1, 0.15) is 11.6 Å². The maximum Gasteiger partial charge on any atom is 0.229 e. The minimum Gasteiger partial charge on any atom is -0.497 e. The Morgan fingerprint density at radius 1 is 1.08 bits per heavy atom. The summed E-state index contributed by atoms with van der Waals surface area (Å²) in [6, 6.07) is 18.4. The Hall–Kier alpha value is -2.88. The van der Waals surface area contributed by atoms with Gasteiger partial charge in [-0.25, -0.2) is 4.39 Å². The van der Waals surface area contributed by atoms with E-state index in [2.05, 4.69) is 0 Å². The first-order chi connectivity index (χ1) is 12.5. The fourth-order valence-corrected chi connectivity index (χ4v) is 3.07. The van der Waals surface area contributed by atoms with Gasteiger partial charge >= 0.3 is 0 Å². The third-order valence-electron chi connectivity index (χ3n) is 4.68. The zero-order chi connectivity index (χ0) is 18.7. The number of nitrogens with zero attached hydrogens (tertiary/aromatic N) is 1. The van der Waals surface area contributed by atoms with Crippen molar-refractivity contribution in [1.29, 1.82) is 0 Å². The lowest BCUT2D eigenvalue weighted by Crippen LogP contribution is -2.30. The highest BCUT2D eigenvalue weighted by Gasteiger charge is 2.20. The van der Waals surface area contributed by atoms with Crippen LogP contribution in [-0.2, 0) is 11.3 Å². The molecular weight excluding hydrogens is 329 g/mol. The number of methoxy groups -OCH3 is 1. The van der Waals surface area contributed by atoms with E-state index in [0.29, 0.717) is 5.56 Å². The van der Waals surface area contributed by atoms with Gasteiger partial charge in [-0.3, -0.25) is 4.79 Å². The summed E-state index contributed by atoms with van der Waals surface area (Å²) in [5, 5.41) is 2.12. The lowest BCUT2D eigenvalue weighted by atomic mass is 9.96. The quantitative estimate of drug-likeness (QED) is 0.664. The van der Waals surface area contributed by atoms with E-state index in [4.69, 9.17) is 4.74 Å². The predicted octanol–water partition coefficient (Wildman–Crippen LogP) is 4.75. The van der Waals surface area contributed by atoms with E-state index >= 15 is 0 Å². The van der Waals surface area contributed by atoms with Gasteiger partial charge in [0.15, 0.2) is 0 Å². The normalized spacial score (nSPS) is 12.0. The molecule has 0 fully saturated rings. The van der Waals surface area contributed by atoms with Crippen LogP contribution in [0.1, 0.15) is 24.0 Å². The van der Waals surface area contributed by atoms with Crippen molar-refractivity contribution in [2.75, 3.05) is 14.2 Å². The molecule has 0 aliphatic heterocycles. The minimum atomic E-state index is -0.307. The predicted molar refractivity (Wildman–Crippen MR) is 102 cm³/mol. The molecule has 3 aromatic rings. The van der Waals surface area contributed by atoms with Crippen LogP contribution in [0.4, 0.5) is 4.39 Å². The lowest BCUT2D eigenvalue weighted by molar-refractivity contribution is -0.131. The van der Waals surface area contributed by atoms with Crippen molar-refractivity contribution >= 4 is 16.7 Å². The Morgan fingerprint density at radius 3 is 2.50 bits per heavy atom. The molecule has 134 valence electrons. The lowest BCUT2D eigenvalue weighted by Gasteiger charge is -2.22. The first-order valence-corrected chi connectivity index (χ1v) is 8.55. The van der Waals surface area contributed by atoms with Gasteiger partial charge in [0.2, 0.25) is 5.91 Å². The summed E-state index contributed by atoms with van der Waals surface area (Å²) >= 11 is 0. The highest BCUT2D eigenvalue weighted by atomic mass is 19.1. The molecule has 0 aliphatic carbocycles. The van der Waals surface area contributed by atoms with E-state index < -0.39 is 0 Å². The Labute approximate surface area is 153 Å². The molecule has 3 rings (SSSR count). The number of fused-ring (bicyclic) bond motifs is 1. The van der Waals surface area contributed by atoms with Crippen LogP contribution in [0.5, 0.6) is 5.75 Å². The van der Waals surface area contributed by atoms with Crippen LogP contribution in [0.3, 0.4) is 0 Å². The minimum absolute atomic E-state index is 0.0406. The average Bonchev–Trinajstić information content (AvgIpc) is 2.67. The molecule has 0 aromatic heterocycles. The van der Waals surface area contributed by atoms with E-state index in [-0.39, 0.29) is 24.2 Å². The zero-order valence-corrected chi connectivity index (χ0v) is 15.2. The number of rotatable bonds is 5. The summed E-state index contributed by atoms with van der Waals surface area (Å²) in [6.07, 6.45) is 0. The second-order valence-corrected chi connectivity index (χ2v) is 6.48. The number of carbonyl (C=O) groups is 1. The van der Waals surface area contributed by atoms with E-state index in [1.165, 1.54) is 6.07 Å². The molecule has 0 saturated heterocycles. The van der Waals surface area contributed by atoms with Crippen molar-refractivity contribution in [3.05, 3.63) is 77.6 Å². The number of ether oxygens (including phenoxy) is 1. The van der Waals surface area contributed by atoms with Gasteiger partial charge in [-0.2, -0.15) is 0 Å². The molecule has 0 spiro atoms. The van der Waals surface area contributed by atoms with Crippen molar-refractivity contribution in [2.24, 2.45) is 0 Å². The third kappa shape index (κ3) is 3.69. The molecule has 1 unspecified atom stereocenters. The Kier molecular flexibility index (Phi) is 5.21. The van der Waals surface area contributed by atoms with Gasteiger partial charge in [0, 0.05) is 19.2 Å². The topological polar surface area (TPSA) is 29.5 Å². The van der Waals surface area contributed by atoms with Crippen molar-refractivity contribution < 1.29 is 13.9 Å². The van der Waals surface area contributed by atoms with Crippen LogP contribution in [0.2, 0.25) is 0 Å². The number of hydrogen-bond acceptors (Lipinski definition) is 2. The van der Waals surface area contributed by atoms with Crippen molar-refractivity contribution in [2.45, 2.75) is 19.4 Å². The number of carbonyl (C=O) groups excluding carboxylic acids is 1. The molecule has 0 N–H and O–H groups in total. The van der Waals surface area contributed by atoms with Gasteiger partial charge in [-0.05, 0) is 41.5 Å². The summed E-state index contributed by atoms with van der Waals surface area (Å²) in [6.45, 7) is 2.13. The standard InChI is InChI=1S/C22H22FNO2/c1-15(22(25)24(2)14-19-6-4-5-7-21(19)23)16-8-9-18-13-20(26-3)11-10-17(18)12-16/h4-13,15H,14H2,1-3H3. The number of amides is 1. The summed E-state index contributed by atoms with van der Waals surface area (Å²) in [7, 11) is 3.35. The number of halogens is 1. The number of hydrogen-bond donors (Lipinski definition) is 0. The molecule has 3 aromatic carbocycles. The van der Waals surface area contributed by atoms with E-state index in [0.717, 1.165) is 22.1 Å². The van der Waals surface area contributed by atoms with Gasteiger partial charge in [0.05, 0.1) is 13.0 Å². The van der Waals surface area contributed by atoms with Crippen LogP contribution < -0.4 is 4.74 Å². The monoisotopic (exact) mass is 351 g/mol. The Bertz CT molecular complexity index is 938. The summed E-state index contributed by atoms with van der Waals surface area (Å²) in [5.74, 6) is 0.165. The highest BCUT2D eigenvalue weighted by Crippen LogP contribution is 2.26. The molecule has 26 heavy (non-hydrogen) atoms. The largest absolute Gasteiger partial charge is 0.497 e. The SMILES string of the molecule is COc1ccc2cc(C(C)C(=O)N(C)Cc3ccccc3F)ccc2c1. The summed E-state index contributed by atoms with van der Waals surface area (Å²) in [5.41, 5.74) is 1.45. The Morgan fingerprint density at radius 2 is 1.77 bits per heavy atom. The second kappa shape index (κ2) is 7.56. The Balaban J connectivity index is 1.79. The van der Waals surface area contributed by atoms with E-state index in [1.807, 2.05) is 43.3 Å². The summed E-state index contributed by atoms with van der Waals surface area (Å²) < 4.78 is 19.1. The number of likely N-dealkylation sites (N-methyl/N-ethyl adjacent to an activating group) is 1. The molecule has 4 heteroatoms. The van der Waals surface area contributed by atoms with Gasteiger partial charge < -0.3 is 9.64 Å². The molecule has 1 atom stereocenters. The smallest absolute Gasteiger partial charge is 0.229 e. The molecule has 0 aliphatic rings. The first-order valence-electron chi connectivity index (χ1n) is 8.55. The van der Waals surface area contributed by atoms with Crippen molar-refractivity contribution in [3.8, 4) is 5.75 Å². The second-order valence-electron chi connectivity index (χ2n) is 6.48. The molecule has 3 nitrogen and oxygen atoms in total. The first kappa shape index (κ1) is 17.9. The fraction of sp³-hybridized carbons (Fsp3) is 0.227. The molecule has 0 saturated carbocycles. The van der Waals surface area contributed by atoms with Gasteiger partial charge in [0.25, 0.3) is 0 Å². The fourth-order valence-electron chi connectivity index (χ4n) is 3.07. The van der Waals surface area contributed by atoms with Gasteiger partial charge in [-0.1, -0.05) is 42.5 Å². The van der Waals surface area contributed by atoms with E-state index in [9.17, 15) is 9.18 Å². The van der Waals surface area contributed by atoms with Crippen molar-refractivity contribution in [3.63, 3.8) is 0 Å². The van der Waals surface area contributed by atoms with Crippen LogP contribution >= 0.6 is 0 Å². The zero-order valence-electron chi connectivity index (χ0n) is 15.2. The summed E-state index contributed by atoms with van der Waals surface area (Å²) in [4.78, 5) is 14.3. The molecular formula is C22H22FNO2. The van der Waals surface area contributed by atoms with Crippen molar-refractivity contribution in [1.82, 2.24) is 4.90 Å². The maximum absolute atomic E-state index is 13.8. The number of benzene rings is 3. The van der Waals surface area contributed by atoms with Crippen LogP contribution in [0, 0.1) is 5.82 Å². The molecule has 0 bridgehead atoms. The van der Waals surface area contributed by atoms with Crippen LogP contribution in [-0.4, -0.2) is 25.0 Å². The third-order valence-corrected chi connectivity index (χ3v) is 4.68. The van der Waals surface area contributed by atoms with Crippen LogP contribution in [0.15, 0.2) is 60.7 Å². The van der Waals surface area contributed by atoms with E-state index in [1.54, 1.807) is 37.3 Å². The molecule has 0 heterocycles. The molecule has 0 radical (unpaired) electrons. The average molecular weight is 351 g/mol.